The van der Waals surface area contributed by atoms with E-state index in [4.69, 9.17) is 0 Å². The number of amides is 1. The Balaban J connectivity index is 1.67. The van der Waals surface area contributed by atoms with E-state index in [2.05, 4.69) is 41.3 Å². The Labute approximate surface area is 169 Å². The number of thiophene rings is 1. The van der Waals surface area contributed by atoms with Gasteiger partial charge >= 0.3 is 0 Å². The first kappa shape index (κ1) is 18.5. The third-order valence-electron chi connectivity index (χ3n) is 4.44. The van der Waals surface area contributed by atoms with Gasteiger partial charge in [-0.05, 0) is 17.0 Å². The molecular weight excluding hydrogens is 392 g/mol. The highest BCUT2D eigenvalue weighted by Gasteiger charge is 2.15. The van der Waals surface area contributed by atoms with Crippen LogP contribution in [0.4, 0.5) is 5.13 Å². The first-order valence-corrected chi connectivity index (χ1v) is 10.5. The van der Waals surface area contributed by atoms with E-state index in [0.29, 0.717) is 21.3 Å². The molecular formula is C20H18N4O2S2. The molecule has 1 amide bonds. The largest absolute Gasteiger partial charge is 0.300 e. The van der Waals surface area contributed by atoms with Gasteiger partial charge in [0.1, 0.15) is 11.4 Å². The summed E-state index contributed by atoms with van der Waals surface area (Å²) in [5.41, 5.74) is 2.85. The molecule has 0 aliphatic heterocycles. The van der Waals surface area contributed by atoms with Gasteiger partial charge in [-0.2, -0.15) is 0 Å². The van der Waals surface area contributed by atoms with Crippen molar-refractivity contribution in [1.29, 1.82) is 0 Å². The van der Waals surface area contributed by atoms with Crippen molar-refractivity contribution in [3.63, 3.8) is 0 Å². The number of nitrogens with zero attached hydrogens (tertiary/aromatic N) is 3. The van der Waals surface area contributed by atoms with Gasteiger partial charge in [0.25, 0.3) is 5.56 Å². The number of benzene rings is 1. The lowest BCUT2D eigenvalue weighted by molar-refractivity contribution is -0.116. The minimum Gasteiger partial charge on any atom is -0.300 e. The summed E-state index contributed by atoms with van der Waals surface area (Å²) in [7, 11) is 0. The molecule has 0 unspecified atom stereocenters. The molecule has 0 atom stereocenters. The molecule has 0 aliphatic rings. The van der Waals surface area contributed by atoms with Crippen LogP contribution in [0.2, 0.25) is 0 Å². The molecule has 142 valence electrons. The summed E-state index contributed by atoms with van der Waals surface area (Å²) in [5, 5.41) is 7.47. The third kappa shape index (κ3) is 3.61. The van der Waals surface area contributed by atoms with E-state index in [1.807, 2.05) is 17.5 Å². The number of fused-ring (bicyclic) bond motifs is 1. The number of nitrogens with one attached hydrogen (secondary N) is 1. The topological polar surface area (TPSA) is 76.9 Å². The molecule has 8 heteroatoms. The van der Waals surface area contributed by atoms with E-state index in [9.17, 15) is 9.59 Å². The van der Waals surface area contributed by atoms with Crippen LogP contribution in [-0.2, 0) is 11.3 Å². The maximum atomic E-state index is 13.0. The molecule has 6 nitrogen and oxygen atoms in total. The zero-order valence-corrected chi connectivity index (χ0v) is 17.0. The van der Waals surface area contributed by atoms with E-state index in [-0.39, 0.29) is 18.0 Å². The van der Waals surface area contributed by atoms with Crippen molar-refractivity contribution in [3.05, 3.63) is 63.5 Å². The lowest BCUT2D eigenvalue weighted by Gasteiger charge is -2.08. The summed E-state index contributed by atoms with van der Waals surface area (Å²) < 4.78 is 1.34. The lowest BCUT2D eigenvalue weighted by atomic mass is 9.99. The second kappa shape index (κ2) is 7.65. The van der Waals surface area contributed by atoms with Crippen LogP contribution in [0.5, 0.6) is 0 Å². The second-order valence-electron chi connectivity index (χ2n) is 6.67. The Hall–Kier alpha value is -2.84. The van der Waals surface area contributed by atoms with Crippen LogP contribution in [0.3, 0.4) is 0 Å². The fourth-order valence-electron chi connectivity index (χ4n) is 2.94. The summed E-state index contributed by atoms with van der Waals surface area (Å²) in [6.45, 7) is 4.19. The van der Waals surface area contributed by atoms with E-state index in [1.54, 1.807) is 11.6 Å². The Morgan fingerprint density at radius 1 is 1.18 bits per heavy atom. The molecule has 3 aromatic heterocycles. The standard InChI is InChI=1S/C20H18N4O2S2/c1-12(2)13-3-5-14(6-4-13)15-10-28-18-17(15)19(26)24(11-22-18)9-16(25)23-20-21-7-8-27-20/h3-8,10-12H,9H2,1-2H3,(H,21,23,25). The summed E-state index contributed by atoms with van der Waals surface area (Å²) in [4.78, 5) is 34.3. The quantitative estimate of drug-likeness (QED) is 0.531. The van der Waals surface area contributed by atoms with Crippen LogP contribution < -0.4 is 10.9 Å². The van der Waals surface area contributed by atoms with Crippen molar-refractivity contribution in [1.82, 2.24) is 14.5 Å². The molecule has 1 N–H and O–H groups in total. The van der Waals surface area contributed by atoms with Crippen molar-refractivity contribution in [2.75, 3.05) is 5.32 Å². The van der Waals surface area contributed by atoms with Crippen molar-refractivity contribution < 1.29 is 4.79 Å². The van der Waals surface area contributed by atoms with E-state index < -0.39 is 0 Å². The van der Waals surface area contributed by atoms with Crippen molar-refractivity contribution in [2.24, 2.45) is 0 Å². The van der Waals surface area contributed by atoms with Crippen LogP contribution in [0, 0.1) is 0 Å². The van der Waals surface area contributed by atoms with Gasteiger partial charge in [-0.1, -0.05) is 38.1 Å². The van der Waals surface area contributed by atoms with Crippen LogP contribution in [-0.4, -0.2) is 20.4 Å². The zero-order chi connectivity index (χ0) is 19.7. The maximum absolute atomic E-state index is 13.0. The first-order valence-electron chi connectivity index (χ1n) is 8.79. The highest BCUT2D eigenvalue weighted by atomic mass is 32.1. The number of hydrogen-bond acceptors (Lipinski definition) is 6. The number of carbonyl (C=O) groups is 1. The Morgan fingerprint density at radius 3 is 2.64 bits per heavy atom. The van der Waals surface area contributed by atoms with Crippen LogP contribution >= 0.6 is 22.7 Å². The lowest BCUT2D eigenvalue weighted by Crippen LogP contribution is -2.27. The predicted molar refractivity (Wildman–Crippen MR) is 114 cm³/mol. The summed E-state index contributed by atoms with van der Waals surface area (Å²) in [6, 6.07) is 8.23. The molecule has 0 radical (unpaired) electrons. The van der Waals surface area contributed by atoms with Gasteiger partial charge in [-0.15, -0.1) is 22.7 Å². The molecule has 4 rings (SSSR count). The SMILES string of the molecule is CC(C)c1ccc(-c2csc3ncn(CC(=O)Nc4nccs4)c(=O)c23)cc1. The second-order valence-corrected chi connectivity index (χ2v) is 8.42. The highest BCUT2D eigenvalue weighted by molar-refractivity contribution is 7.17. The molecule has 0 saturated carbocycles. The predicted octanol–water partition coefficient (Wildman–Crippen LogP) is 4.34. The maximum Gasteiger partial charge on any atom is 0.263 e. The fraction of sp³-hybridized carbons (Fsp3) is 0.200. The molecule has 0 spiro atoms. The summed E-state index contributed by atoms with van der Waals surface area (Å²) in [6.07, 6.45) is 3.04. The Bertz CT molecular complexity index is 1180. The van der Waals surface area contributed by atoms with Gasteiger partial charge < -0.3 is 5.32 Å². The first-order chi connectivity index (χ1) is 13.5. The number of anilines is 1. The van der Waals surface area contributed by atoms with Gasteiger partial charge in [0.05, 0.1) is 11.7 Å². The average molecular weight is 411 g/mol. The smallest absolute Gasteiger partial charge is 0.263 e. The van der Waals surface area contributed by atoms with Gasteiger partial charge in [-0.25, -0.2) is 9.97 Å². The normalized spacial score (nSPS) is 11.2. The molecule has 0 saturated heterocycles. The van der Waals surface area contributed by atoms with Gasteiger partial charge in [0.2, 0.25) is 5.91 Å². The Morgan fingerprint density at radius 2 is 1.96 bits per heavy atom. The monoisotopic (exact) mass is 410 g/mol. The number of hydrogen-bond donors (Lipinski definition) is 1. The number of carbonyl (C=O) groups excluding carboxylic acids is 1. The Kier molecular flexibility index (Phi) is 5.06. The highest BCUT2D eigenvalue weighted by Crippen LogP contribution is 2.31. The number of aromatic nitrogens is 3. The molecule has 0 bridgehead atoms. The molecule has 0 fully saturated rings. The minimum absolute atomic E-state index is 0.108. The van der Waals surface area contributed by atoms with E-state index >= 15 is 0 Å². The van der Waals surface area contributed by atoms with Crippen LogP contribution in [0.25, 0.3) is 21.3 Å². The fourth-order valence-corrected chi connectivity index (χ4v) is 4.39. The third-order valence-corrected chi connectivity index (χ3v) is 6.02. The van der Waals surface area contributed by atoms with Crippen molar-refractivity contribution in [2.45, 2.75) is 26.3 Å². The average Bonchev–Trinajstić information content (AvgIpc) is 3.34. The van der Waals surface area contributed by atoms with Crippen LogP contribution in [0.1, 0.15) is 25.3 Å². The van der Waals surface area contributed by atoms with E-state index in [0.717, 1.165) is 11.1 Å². The van der Waals surface area contributed by atoms with E-state index in [1.165, 1.54) is 39.1 Å². The number of rotatable bonds is 5. The number of thiazole rings is 1. The molecule has 1 aromatic carbocycles. The van der Waals surface area contributed by atoms with Crippen molar-refractivity contribution >= 4 is 43.9 Å². The van der Waals surface area contributed by atoms with Gasteiger partial charge in [0.15, 0.2) is 5.13 Å². The zero-order valence-electron chi connectivity index (χ0n) is 15.4. The van der Waals surface area contributed by atoms with Gasteiger partial charge in [0, 0.05) is 22.5 Å². The molecule has 3 heterocycles. The van der Waals surface area contributed by atoms with Crippen LogP contribution in [0.15, 0.2) is 52.3 Å². The minimum atomic E-state index is -0.309. The molecule has 4 aromatic rings. The molecule has 0 aliphatic carbocycles. The summed E-state index contributed by atoms with van der Waals surface area (Å²) >= 11 is 2.76. The van der Waals surface area contributed by atoms with Gasteiger partial charge in [-0.3, -0.25) is 14.2 Å². The molecule has 28 heavy (non-hydrogen) atoms. The summed E-state index contributed by atoms with van der Waals surface area (Å²) in [5.74, 6) is 0.139. The van der Waals surface area contributed by atoms with Crippen molar-refractivity contribution in [3.8, 4) is 11.1 Å².